The molecule has 1 N–H and O–H groups in total. The summed E-state index contributed by atoms with van der Waals surface area (Å²) in [7, 11) is 0. The van der Waals surface area contributed by atoms with Crippen LogP contribution in [0.25, 0.3) is 37.8 Å². The number of furan rings is 1. The molecule has 8 heteroatoms. The van der Waals surface area contributed by atoms with Crippen LogP contribution in [0.3, 0.4) is 0 Å². The van der Waals surface area contributed by atoms with E-state index in [9.17, 15) is 4.79 Å². The van der Waals surface area contributed by atoms with E-state index in [0.29, 0.717) is 33.2 Å². The Morgan fingerprint density at radius 3 is 2.62 bits per heavy atom. The van der Waals surface area contributed by atoms with Gasteiger partial charge in [0.25, 0.3) is 5.56 Å². The molecule has 0 fully saturated rings. The molecule has 0 unspecified atom stereocenters. The molecule has 6 rings (SSSR count). The number of rotatable bonds is 4. The Hall–Kier alpha value is -3.68. The van der Waals surface area contributed by atoms with Gasteiger partial charge in [-0.2, -0.15) is 4.52 Å². The van der Waals surface area contributed by atoms with Crippen LogP contribution >= 0.6 is 22.9 Å². The highest BCUT2D eigenvalue weighted by Crippen LogP contribution is 2.33. The standard InChI is InChI=1S/C24H15ClN4O2S/c25-15-9-7-14(8-10-15)19-13-32-23-20(19)24(30)29-22(27-23)18-6-2-1-5-17(18)21(28-29)26-12-16-4-3-11-31-16/h1-11,13H,12H2,(H,26,28). The van der Waals surface area contributed by atoms with Crippen LogP contribution in [-0.2, 0) is 6.54 Å². The second-order valence-electron chi connectivity index (χ2n) is 7.32. The molecular weight excluding hydrogens is 444 g/mol. The zero-order valence-corrected chi connectivity index (χ0v) is 18.2. The first-order chi connectivity index (χ1) is 15.7. The van der Waals surface area contributed by atoms with Gasteiger partial charge >= 0.3 is 0 Å². The van der Waals surface area contributed by atoms with Crippen molar-refractivity contribution in [3.8, 4) is 11.1 Å². The maximum absolute atomic E-state index is 13.6. The summed E-state index contributed by atoms with van der Waals surface area (Å²) in [6.07, 6.45) is 1.63. The normalized spacial score (nSPS) is 11.5. The summed E-state index contributed by atoms with van der Waals surface area (Å²) in [6.45, 7) is 0.453. The van der Waals surface area contributed by atoms with Gasteiger partial charge in [0, 0.05) is 26.7 Å². The number of benzene rings is 2. The minimum absolute atomic E-state index is 0.206. The highest BCUT2D eigenvalue weighted by atomic mass is 35.5. The van der Waals surface area contributed by atoms with Crippen LogP contribution in [0.15, 0.2) is 81.5 Å². The van der Waals surface area contributed by atoms with E-state index >= 15 is 0 Å². The number of anilines is 1. The summed E-state index contributed by atoms with van der Waals surface area (Å²) >= 11 is 7.49. The van der Waals surface area contributed by atoms with Gasteiger partial charge in [0.2, 0.25) is 0 Å². The molecule has 0 saturated heterocycles. The number of hydrogen-bond acceptors (Lipinski definition) is 6. The fourth-order valence-electron chi connectivity index (χ4n) is 3.84. The second kappa shape index (κ2) is 7.47. The zero-order chi connectivity index (χ0) is 21.7. The van der Waals surface area contributed by atoms with Crippen molar-refractivity contribution in [2.24, 2.45) is 0 Å². The van der Waals surface area contributed by atoms with E-state index in [-0.39, 0.29) is 5.56 Å². The van der Waals surface area contributed by atoms with Crippen molar-refractivity contribution in [1.82, 2.24) is 14.6 Å². The largest absolute Gasteiger partial charge is 0.467 e. The molecule has 156 valence electrons. The Bertz CT molecular complexity index is 1650. The Morgan fingerprint density at radius 2 is 1.84 bits per heavy atom. The number of fused-ring (bicyclic) bond motifs is 4. The Kier molecular flexibility index (Phi) is 4.45. The van der Waals surface area contributed by atoms with Crippen LogP contribution in [-0.4, -0.2) is 14.6 Å². The molecule has 4 heterocycles. The molecule has 4 aromatic heterocycles. The van der Waals surface area contributed by atoms with Crippen molar-refractivity contribution in [2.75, 3.05) is 5.32 Å². The molecule has 32 heavy (non-hydrogen) atoms. The number of nitrogens with zero attached hydrogens (tertiary/aromatic N) is 3. The molecule has 0 radical (unpaired) electrons. The van der Waals surface area contributed by atoms with Crippen molar-refractivity contribution in [3.05, 3.63) is 93.4 Å². The van der Waals surface area contributed by atoms with Crippen molar-refractivity contribution in [3.63, 3.8) is 0 Å². The molecule has 0 aliphatic carbocycles. The third kappa shape index (κ3) is 3.05. The van der Waals surface area contributed by atoms with Crippen molar-refractivity contribution >= 4 is 55.4 Å². The topological polar surface area (TPSA) is 72.4 Å². The number of halogens is 1. The molecule has 0 spiro atoms. The summed E-state index contributed by atoms with van der Waals surface area (Å²) in [4.78, 5) is 19.1. The highest BCUT2D eigenvalue weighted by molar-refractivity contribution is 7.17. The van der Waals surface area contributed by atoms with E-state index in [1.165, 1.54) is 15.9 Å². The van der Waals surface area contributed by atoms with E-state index in [2.05, 4.69) is 10.4 Å². The number of hydrogen-bond donors (Lipinski definition) is 1. The number of nitrogens with one attached hydrogen (secondary N) is 1. The lowest BCUT2D eigenvalue weighted by molar-refractivity contribution is 0.517. The molecule has 0 aliphatic heterocycles. The predicted octanol–water partition coefficient (Wildman–Crippen LogP) is 5.98. The third-order valence-corrected chi connectivity index (χ3v) is 6.50. The zero-order valence-electron chi connectivity index (χ0n) is 16.6. The minimum atomic E-state index is -0.206. The van der Waals surface area contributed by atoms with Gasteiger partial charge in [-0.1, -0.05) is 48.0 Å². The first-order valence-electron chi connectivity index (χ1n) is 9.94. The van der Waals surface area contributed by atoms with Gasteiger partial charge in [0.05, 0.1) is 18.2 Å². The average Bonchev–Trinajstić information content (AvgIpc) is 3.49. The summed E-state index contributed by atoms with van der Waals surface area (Å²) in [5, 5.41) is 12.8. The van der Waals surface area contributed by atoms with Crippen molar-refractivity contribution < 1.29 is 4.42 Å². The molecule has 6 nitrogen and oxygen atoms in total. The maximum Gasteiger partial charge on any atom is 0.283 e. The fraction of sp³-hybridized carbons (Fsp3) is 0.0417. The average molecular weight is 459 g/mol. The molecular formula is C24H15ClN4O2S. The molecule has 6 aromatic rings. The molecule has 0 saturated carbocycles. The monoisotopic (exact) mass is 458 g/mol. The maximum atomic E-state index is 13.6. The summed E-state index contributed by atoms with van der Waals surface area (Å²) in [5.74, 6) is 1.37. The van der Waals surface area contributed by atoms with E-state index in [1.54, 1.807) is 6.26 Å². The molecule has 0 bridgehead atoms. The van der Waals surface area contributed by atoms with Gasteiger partial charge in [0.15, 0.2) is 11.5 Å². The first-order valence-corrected chi connectivity index (χ1v) is 11.2. The van der Waals surface area contributed by atoms with Crippen molar-refractivity contribution in [2.45, 2.75) is 6.54 Å². The third-order valence-electron chi connectivity index (χ3n) is 5.37. The Balaban J connectivity index is 1.60. The second-order valence-corrected chi connectivity index (χ2v) is 8.61. The van der Waals surface area contributed by atoms with Crippen LogP contribution < -0.4 is 10.9 Å². The Labute approximate surface area is 190 Å². The van der Waals surface area contributed by atoms with Gasteiger partial charge in [-0.3, -0.25) is 4.79 Å². The van der Waals surface area contributed by atoms with E-state index < -0.39 is 0 Å². The van der Waals surface area contributed by atoms with Gasteiger partial charge < -0.3 is 9.73 Å². The summed E-state index contributed by atoms with van der Waals surface area (Å²) < 4.78 is 6.81. The van der Waals surface area contributed by atoms with Crippen LogP contribution in [0.5, 0.6) is 0 Å². The van der Waals surface area contributed by atoms with Crippen LogP contribution in [0.1, 0.15) is 5.76 Å². The van der Waals surface area contributed by atoms with Crippen LogP contribution in [0, 0.1) is 0 Å². The van der Waals surface area contributed by atoms with Crippen LogP contribution in [0.4, 0.5) is 5.82 Å². The quantitative estimate of drug-likeness (QED) is 0.329. The van der Waals surface area contributed by atoms with E-state index in [4.69, 9.17) is 21.0 Å². The van der Waals surface area contributed by atoms with Gasteiger partial charge in [-0.15, -0.1) is 16.4 Å². The van der Waals surface area contributed by atoms with Gasteiger partial charge in [0.1, 0.15) is 10.6 Å². The lowest BCUT2D eigenvalue weighted by Gasteiger charge is -2.11. The number of thiophene rings is 1. The van der Waals surface area contributed by atoms with E-state index in [0.717, 1.165) is 27.7 Å². The van der Waals surface area contributed by atoms with Gasteiger partial charge in [-0.25, -0.2) is 4.98 Å². The smallest absolute Gasteiger partial charge is 0.283 e. The van der Waals surface area contributed by atoms with Crippen molar-refractivity contribution in [1.29, 1.82) is 0 Å². The van der Waals surface area contributed by atoms with Gasteiger partial charge in [-0.05, 0) is 29.8 Å². The van der Waals surface area contributed by atoms with E-state index in [1.807, 2.05) is 66.0 Å². The predicted molar refractivity (Wildman–Crippen MR) is 129 cm³/mol. The summed E-state index contributed by atoms with van der Waals surface area (Å²) in [6, 6.07) is 19.0. The highest BCUT2D eigenvalue weighted by Gasteiger charge is 2.18. The molecule has 2 aromatic carbocycles. The number of aromatic nitrogens is 3. The molecule has 0 aliphatic rings. The Morgan fingerprint density at radius 1 is 1.03 bits per heavy atom. The summed E-state index contributed by atoms with van der Waals surface area (Å²) in [5.41, 5.74) is 2.07. The fourth-order valence-corrected chi connectivity index (χ4v) is 4.91. The SMILES string of the molecule is O=c1c2c(-c3ccc(Cl)cc3)csc2nc2c3ccccc3c(NCc3ccco3)nn12. The molecule has 0 amide bonds. The van der Waals surface area contributed by atoms with Crippen LogP contribution in [0.2, 0.25) is 5.02 Å². The lowest BCUT2D eigenvalue weighted by Crippen LogP contribution is -2.19. The lowest BCUT2D eigenvalue weighted by atomic mass is 10.1. The molecule has 0 atom stereocenters. The minimum Gasteiger partial charge on any atom is -0.467 e. The first kappa shape index (κ1) is 19.0.